The number of amides is 1. The number of aliphatic imine (C=N–C) groups is 1. The van der Waals surface area contributed by atoms with E-state index in [9.17, 15) is 4.79 Å². The Morgan fingerprint density at radius 3 is 2.50 bits per heavy atom. The summed E-state index contributed by atoms with van der Waals surface area (Å²) in [5.41, 5.74) is 0.650. The van der Waals surface area contributed by atoms with E-state index < -0.39 is 0 Å². The quantitative estimate of drug-likeness (QED) is 0.268. The predicted molar refractivity (Wildman–Crippen MR) is 108 cm³/mol. The van der Waals surface area contributed by atoms with Crippen LogP contribution < -0.4 is 16.0 Å². The summed E-state index contributed by atoms with van der Waals surface area (Å²) in [5, 5.41) is 9.36. The third-order valence-corrected chi connectivity index (χ3v) is 3.92. The number of methoxy groups -OCH3 is 1. The zero-order valence-electron chi connectivity index (χ0n) is 15.5. The molecule has 1 rings (SSSR count). The summed E-state index contributed by atoms with van der Waals surface area (Å²) in [4.78, 5) is 16.2. The minimum absolute atomic E-state index is 0.0673. The highest BCUT2D eigenvalue weighted by Gasteiger charge is 2.04. The summed E-state index contributed by atoms with van der Waals surface area (Å²) in [5.74, 6) is 0.683. The number of hydrogen-bond acceptors (Lipinski definition) is 4. The zero-order valence-corrected chi connectivity index (χ0v) is 17.1. The second kappa shape index (κ2) is 14.5. The third kappa shape index (κ3) is 10.4. The molecule has 1 aromatic carbocycles. The molecular formula is C18H29BrN4O3. The number of carbonyl (C=O) groups excluding carboxylic acids is 1. The Balaban J connectivity index is 2.07. The van der Waals surface area contributed by atoms with Gasteiger partial charge in [-0.25, -0.2) is 0 Å². The molecule has 146 valence electrons. The Labute approximate surface area is 164 Å². The van der Waals surface area contributed by atoms with Crippen molar-refractivity contribution in [2.45, 2.75) is 12.8 Å². The lowest BCUT2D eigenvalue weighted by atomic mass is 10.2. The normalized spacial score (nSPS) is 11.3. The van der Waals surface area contributed by atoms with Gasteiger partial charge in [-0.2, -0.15) is 0 Å². The molecule has 0 aromatic heterocycles. The van der Waals surface area contributed by atoms with Gasteiger partial charge in [-0.15, -0.1) is 0 Å². The zero-order chi connectivity index (χ0) is 19.0. The molecule has 0 saturated carbocycles. The molecule has 0 aliphatic carbocycles. The fourth-order valence-corrected chi connectivity index (χ4v) is 2.47. The molecule has 26 heavy (non-hydrogen) atoms. The SMILES string of the molecule is CN=C(NCCCNC(=O)c1cccc(Br)c1)NCCCOCCOC. The van der Waals surface area contributed by atoms with E-state index in [2.05, 4.69) is 36.9 Å². The molecule has 0 atom stereocenters. The summed E-state index contributed by atoms with van der Waals surface area (Å²) in [7, 11) is 3.40. The molecule has 0 aliphatic rings. The summed E-state index contributed by atoms with van der Waals surface area (Å²) < 4.78 is 11.2. The van der Waals surface area contributed by atoms with E-state index in [0.29, 0.717) is 31.9 Å². The van der Waals surface area contributed by atoms with Crippen LogP contribution in [0.5, 0.6) is 0 Å². The number of rotatable bonds is 12. The number of guanidine groups is 1. The maximum atomic E-state index is 12.0. The van der Waals surface area contributed by atoms with Gasteiger partial charge in [0.05, 0.1) is 13.2 Å². The Morgan fingerprint density at radius 2 is 1.81 bits per heavy atom. The van der Waals surface area contributed by atoms with Crippen LogP contribution in [0.1, 0.15) is 23.2 Å². The van der Waals surface area contributed by atoms with Crippen LogP contribution in [0.3, 0.4) is 0 Å². The number of halogens is 1. The van der Waals surface area contributed by atoms with Crippen molar-refractivity contribution in [3.8, 4) is 0 Å². The maximum absolute atomic E-state index is 12.0. The van der Waals surface area contributed by atoms with Gasteiger partial charge in [-0.3, -0.25) is 9.79 Å². The Bertz CT molecular complexity index is 555. The van der Waals surface area contributed by atoms with Crippen molar-refractivity contribution in [1.29, 1.82) is 0 Å². The van der Waals surface area contributed by atoms with Gasteiger partial charge in [0.1, 0.15) is 0 Å². The molecule has 1 amide bonds. The molecule has 0 radical (unpaired) electrons. The van der Waals surface area contributed by atoms with Crippen molar-refractivity contribution in [1.82, 2.24) is 16.0 Å². The fourth-order valence-electron chi connectivity index (χ4n) is 2.07. The van der Waals surface area contributed by atoms with Crippen LogP contribution >= 0.6 is 15.9 Å². The summed E-state index contributed by atoms with van der Waals surface area (Å²) in [6, 6.07) is 7.34. The largest absolute Gasteiger partial charge is 0.382 e. The Morgan fingerprint density at radius 1 is 1.08 bits per heavy atom. The molecule has 0 bridgehead atoms. The topological polar surface area (TPSA) is 84.0 Å². The van der Waals surface area contributed by atoms with Crippen LogP contribution in [0.2, 0.25) is 0 Å². The number of ether oxygens (including phenoxy) is 2. The van der Waals surface area contributed by atoms with Crippen LogP contribution in [0.4, 0.5) is 0 Å². The van der Waals surface area contributed by atoms with E-state index in [0.717, 1.165) is 36.4 Å². The van der Waals surface area contributed by atoms with Gasteiger partial charge < -0.3 is 25.4 Å². The van der Waals surface area contributed by atoms with Crippen molar-refractivity contribution in [2.24, 2.45) is 4.99 Å². The van der Waals surface area contributed by atoms with Crippen molar-refractivity contribution >= 4 is 27.8 Å². The number of nitrogens with one attached hydrogen (secondary N) is 3. The first-order chi connectivity index (χ1) is 12.7. The molecule has 3 N–H and O–H groups in total. The molecular weight excluding hydrogens is 400 g/mol. The average Bonchev–Trinajstić information content (AvgIpc) is 2.65. The molecule has 1 aromatic rings. The fraction of sp³-hybridized carbons (Fsp3) is 0.556. The summed E-state index contributed by atoms with van der Waals surface area (Å²) >= 11 is 3.37. The molecule has 0 unspecified atom stereocenters. The molecule has 0 saturated heterocycles. The van der Waals surface area contributed by atoms with E-state index in [1.165, 1.54) is 0 Å². The van der Waals surface area contributed by atoms with Gasteiger partial charge in [0.15, 0.2) is 5.96 Å². The number of hydrogen-bond donors (Lipinski definition) is 3. The highest BCUT2D eigenvalue weighted by Crippen LogP contribution is 2.11. The van der Waals surface area contributed by atoms with Crippen molar-refractivity contribution in [3.05, 3.63) is 34.3 Å². The van der Waals surface area contributed by atoms with E-state index in [1.807, 2.05) is 12.1 Å². The predicted octanol–water partition coefficient (Wildman–Crippen LogP) is 1.79. The molecule has 0 spiro atoms. The highest BCUT2D eigenvalue weighted by atomic mass is 79.9. The lowest BCUT2D eigenvalue weighted by Gasteiger charge is -2.12. The Hall–Kier alpha value is -1.64. The second-order valence-electron chi connectivity index (χ2n) is 5.50. The van der Waals surface area contributed by atoms with Crippen LogP contribution in [-0.4, -0.2) is 65.5 Å². The third-order valence-electron chi connectivity index (χ3n) is 3.43. The van der Waals surface area contributed by atoms with Gasteiger partial charge in [0.25, 0.3) is 5.91 Å². The van der Waals surface area contributed by atoms with Gasteiger partial charge in [-0.1, -0.05) is 22.0 Å². The summed E-state index contributed by atoms with van der Waals surface area (Å²) in [6.07, 6.45) is 1.70. The Kier molecular flexibility index (Phi) is 12.5. The average molecular weight is 429 g/mol. The van der Waals surface area contributed by atoms with E-state index in [-0.39, 0.29) is 5.91 Å². The van der Waals surface area contributed by atoms with E-state index in [1.54, 1.807) is 26.3 Å². The maximum Gasteiger partial charge on any atom is 0.251 e. The van der Waals surface area contributed by atoms with Crippen LogP contribution in [-0.2, 0) is 9.47 Å². The van der Waals surface area contributed by atoms with Gasteiger partial charge in [-0.05, 0) is 31.0 Å². The standard InChI is InChI=1S/C18H29BrN4O3/c1-20-18(23-10-5-11-26-13-12-25-2)22-9-4-8-21-17(24)15-6-3-7-16(19)14-15/h3,6-7,14H,4-5,8-13H2,1-2H3,(H,21,24)(H2,20,22,23). The smallest absolute Gasteiger partial charge is 0.251 e. The van der Waals surface area contributed by atoms with Gasteiger partial charge >= 0.3 is 0 Å². The first kappa shape index (κ1) is 22.4. The molecule has 0 heterocycles. The summed E-state index contributed by atoms with van der Waals surface area (Å²) in [6.45, 7) is 4.04. The minimum atomic E-state index is -0.0673. The lowest BCUT2D eigenvalue weighted by molar-refractivity contribution is 0.0698. The van der Waals surface area contributed by atoms with Crippen molar-refractivity contribution < 1.29 is 14.3 Å². The molecule has 0 fully saturated rings. The van der Waals surface area contributed by atoms with Crippen LogP contribution in [0, 0.1) is 0 Å². The van der Waals surface area contributed by atoms with Crippen LogP contribution in [0.25, 0.3) is 0 Å². The highest BCUT2D eigenvalue weighted by molar-refractivity contribution is 9.10. The van der Waals surface area contributed by atoms with Crippen LogP contribution in [0.15, 0.2) is 33.7 Å². The second-order valence-corrected chi connectivity index (χ2v) is 6.42. The molecule has 0 aliphatic heterocycles. The number of benzene rings is 1. The van der Waals surface area contributed by atoms with E-state index >= 15 is 0 Å². The van der Waals surface area contributed by atoms with E-state index in [4.69, 9.17) is 9.47 Å². The molecule has 7 nitrogen and oxygen atoms in total. The van der Waals surface area contributed by atoms with Crippen molar-refractivity contribution in [3.63, 3.8) is 0 Å². The number of nitrogens with zero attached hydrogens (tertiary/aromatic N) is 1. The first-order valence-electron chi connectivity index (χ1n) is 8.72. The van der Waals surface area contributed by atoms with Crippen molar-refractivity contribution in [2.75, 3.05) is 53.6 Å². The molecule has 8 heteroatoms. The first-order valence-corrected chi connectivity index (χ1v) is 9.51. The minimum Gasteiger partial charge on any atom is -0.382 e. The monoisotopic (exact) mass is 428 g/mol. The van der Waals surface area contributed by atoms with Gasteiger partial charge in [0.2, 0.25) is 0 Å². The lowest BCUT2D eigenvalue weighted by Crippen LogP contribution is -2.39. The number of carbonyl (C=O) groups is 1. The van der Waals surface area contributed by atoms with Gasteiger partial charge in [0, 0.05) is 50.4 Å².